The Labute approximate surface area is 147 Å². The maximum atomic E-state index is 12.8. The molecule has 1 amide bonds. The van der Waals surface area contributed by atoms with Gasteiger partial charge in [-0.05, 0) is 36.9 Å². The van der Waals surface area contributed by atoms with Gasteiger partial charge >= 0.3 is 0 Å². The first-order valence-electron chi connectivity index (χ1n) is 8.49. The second-order valence-electron chi connectivity index (χ2n) is 6.49. The highest BCUT2D eigenvalue weighted by molar-refractivity contribution is 5.82. The molecule has 0 aliphatic rings. The van der Waals surface area contributed by atoms with Gasteiger partial charge in [-0.25, -0.2) is 0 Å². The third kappa shape index (κ3) is 3.97. The van der Waals surface area contributed by atoms with Crippen molar-refractivity contribution in [2.24, 2.45) is 0 Å². The fourth-order valence-electron chi connectivity index (χ4n) is 2.93. The summed E-state index contributed by atoms with van der Waals surface area (Å²) in [5.74, 6) is -0.0420. The van der Waals surface area contributed by atoms with Crippen LogP contribution in [0.1, 0.15) is 25.0 Å². The van der Waals surface area contributed by atoms with Crippen LogP contribution in [0.2, 0.25) is 0 Å². The lowest BCUT2D eigenvalue weighted by Crippen LogP contribution is -2.38. The van der Waals surface area contributed by atoms with Crippen LogP contribution >= 0.6 is 0 Å². The average molecular weight is 334 g/mol. The second kappa shape index (κ2) is 7.34. The normalized spacial score (nSPS) is 11.0. The first-order valence-corrected chi connectivity index (χ1v) is 8.49. The van der Waals surface area contributed by atoms with Crippen LogP contribution in [0.15, 0.2) is 65.5 Å². The summed E-state index contributed by atoms with van der Waals surface area (Å²) in [6.07, 6.45) is 0.102. The Kier molecular flexibility index (Phi) is 4.98. The van der Waals surface area contributed by atoms with E-state index < -0.39 is 0 Å². The van der Waals surface area contributed by atoms with E-state index in [1.165, 1.54) is 0 Å². The quantitative estimate of drug-likeness (QED) is 0.776. The monoisotopic (exact) mass is 334 g/mol. The molecule has 0 spiro atoms. The Hall–Kier alpha value is -2.88. The molecule has 2 aromatic carbocycles. The first-order chi connectivity index (χ1) is 12.0. The molecule has 3 rings (SSSR count). The predicted octanol–water partition coefficient (Wildman–Crippen LogP) is 3.51. The topological polar surface area (TPSA) is 53.2 Å². The van der Waals surface area contributed by atoms with Gasteiger partial charge in [-0.2, -0.15) is 0 Å². The summed E-state index contributed by atoms with van der Waals surface area (Å²) in [5, 5.41) is 0.934. The zero-order valence-electron chi connectivity index (χ0n) is 14.5. The number of aromatic amines is 1. The largest absolute Gasteiger partial charge is 0.336 e. The molecule has 0 atom stereocenters. The highest BCUT2D eigenvalue weighted by atomic mass is 16.2. The minimum atomic E-state index is -0.199. The van der Waals surface area contributed by atoms with Gasteiger partial charge < -0.3 is 9.88 Å². The summed E-state index contributed by atoms with van der Waals surface area (Å²) in [5.41, 5.74) is 2.17. The summed E-state index contributed by atoms with van der Waals surface area (Å²) in [4.78, 5) is 29.8. The number of nitrogens with zero attached hydrogens (tertiary/aromatic N) is 1. The molecule has 0 saturated carbocycles. The van der Waals surface area contributed by atoms with E-state index in [0.29, 0.717) is 12.1 Å². The van der Waals surface area contributed by atoms with E-state index in [0.717, 1.165) is 16.5 Å². The van der Waals surface area contributed by atoms with Crippen LogP contribution in [0.4, 0.5) is 0 Å². The third-order valence-electron chi connectivity index (χ3n) is 4.31. The fourth-order valence-corrected chi connectivity index (χ4v) is 2.93. The molecule has 0 radical (unpaired) electrons. The Balaban J connectivity index is 1.84. The zero-order chi connectivity index (χ0) is 17.8. The van der Waals surface area contributed by atoms with Gasteiger partial charge in [0.1, 0.15) is 0 Å². The molecule has 1 aromatic heterocycles. The van der Waals surface area contributed by atoms with E-state index in [-0.39, 0.29) is 23.9 Å². The molecule has 3 aromatic rings. The molecule has 128 valence electrons. The summed E-state index contributed by atoms with van der Waals surface area (Å²) in [6, 6.07) is 19.4. The van der Waals surface area contributed by atoms with Crippen molar-refractivity contribution in [1.82, 2.24) is 9.88 Å². The molecule has 0 saturated heterocycles. The van der Waals surface area contributed by atoms with Crippen molar-refractivity contribution < 1.29 is 4.79 Å². The van der Waals surface area contributed by atoms with Crippen LogP contribution < -0.4 is 5.56 Å². The number of aromatic nitrogens is 1. The minimum Gasteiger partial charge on any atom is -0.336 e. The number of fused-ring (bicyclic) bond motifs is 1. The number of carbonyl (C=O) groups is 1. The maximum Gasteiger partial charge on any atom is 0.252 e. The van der Waals surface area contributed by atoms with Crippen LogP contribution in [0.25, 0.3) is 10.9 Å². The minimum absolute atomic E-state index is 0.0420. The number of pyridine rings is 1. The standard InChI is InChI=1S/C21H22N2O2/c1-15(2)23(14-16-8-4-3-5-9-16)20(24)13-18-12-17-10-6-7-11-19(17)22-21(18)25/h3-12,15H,13-14H2,1-2H3,(H,22,25). The van der Waals surface area contributed by atoms with Crippen molar-refractivity contribution in [3.63, 3.8) is 0 Å². The van der Waals surface area contributed by atoms with Crippen LogP contribution in [-0.4, -0.2) is 21.8 Å². The number of hydrogen-bond acceptors (Lipinski definition) is 2. The first kappa shape index (κ1) is 17.0. The zero-order valence-corrected chi connectivity index (χ0v) is 14.5. The molecule has 0 bridgehead atoms. The number of hydrogen-bond donors (Lipinski definition) is 1. The van der Waals surface area contributed by atoms with E-state index in [4.69, 9.17) is 0 Å². The summed E-state index contributed by atoms with van der Waals surface area (Å²) in [6.45, 7) is 4.53. The van der Waals surface area contributed by atoms with Crippen molar-refractivity contribution in [1.29, 1.82) is 0 Å². The second-order valence-corrected chi connectivity index (χ2v) is 6.49. The number of nitrogens with one attached hydrogen (secondary N) is 1. The molecule has 4 heteroatoms. The molecular formula is C21H22N2O2. The highest BCUT2D eigenvalue weighted by Crippen LogP contribution is 2.13. The summed E-state index contributed by atoms with van der Waals surface area (Å²) < 4.78 is 0. The van der Waals surface area contributed by atoms with Crippen molar-refractivity contribution in [2.45, 2.75) is 32.9 Å². The average Bonchev–Trinajstić information content (AvgIpc) is 2.61. The number of amides is 1. The summed E-state index contributed by atoms with van der Waals surface area (Å²) in [7, 11) is 0. The number of para-hydroxylation sites is 1. The van der Waals surface area contributed by atoms with Crippen molar-refractivity contribution in [3.8, 4) is 0 Å². The lowest BCUT2D eigenvalue weighted by molar-refractivity contribution is -0.132. The van der Waals surface area contributed by atoms with Gasteiger partial charge in [-0.15, -0.1) is 0 Å². The number of benzene rings is 2. The van der Waals surface area contributed by atoms with E-state index in [9.17, 15) is 9.59 Å². The Bertz CT molecular complexity index is 929. The van der Waals surface area contributed by atoms with E-state index >= 15 is 0 Å². The maximum absolute atomic E-state index is 12.8. The van der Waals surface area contributed by atoms with Gasteiger partial charge in [0.2, 0.25) is 5.91 Å². The SMILES string of the molecule is CC(C)N(Cc1ccccc1)C(=O)Cc1cc2ccccc2[nH]c1=O. The summed E-state index contributed by atoms with van der Waals surface area (Å²) >= 11 is 0. The number of H-pyrrole nitrogens is 1. The lowest BCUT2D eigenvalue weighted by Gasteiger charge is -2.27. The molecule has 0 aliphatic carbocycles. The lowest BCUT2D eigenvalue weighted by atomic mass is 10.1. The Morgan fingerprint density at radius 1 is 1.04 bits per heavy atom. The van der Waals surface area contributed by atoms with Crippen LogP contribution in [0, 0.1) is 0 Å². The molecule has 25 heavy (non-hydrogen) atoms. The molecule has 0 aliphatic heterocycles. The molecule has 1 N–H and O–H groups in total. The molecule has 0 fully saturated rings. The Morgan fingerprint density at radius 2 is 1.72 bits per heavy atom. The van der Waals surface area contributed by atoms with E-state index in [1.54, 1.807) is 0 Å². The molecular weight excluding hydrogens is 312 g/mol. The fraction of sp³-hybridized carbons (Fsp3) is 0.238. The van der Waals surface area contributed by atoms with Gasteiger partial charge in [0.25, 0.3) is 5.56 Å². The number of rotatable bonds is 5. The van der Waals surface area contributed by atoms with Gasteiger partial charge in [0.15, 0.2) is 0 Å². The van der Waals surface area contributed by atoms with Crippen molar-refractivity contribution >= 4 is 16.8 Å². The van der Waals surface area contributed by atoms with Crippen LogP contribution in [0.5, 0.6) is 0 Å². The van der Waals surface area contributed by atoms with Gasteiger partial charge in [-0.1, -0.05) is 48.5 Å². The van der Waals surface area contributed by atoms with Crippen LogP contribution in [-0.2, 0) is 17.8 Å². The van der Waals surface area contributed by atoms with Crippen molar-refractivity contribution in [3.05, 3.63) is 82.1 Å². The highest BCUT2D eigenvalue weighted by Gasteiger charge is 2.19. The Morgan fingerprint density at radius 3 is 2.44 bits per heavy atom. The molecule has 4 nitrogen and oxygen atoms in total. The molecule has 0 unspecified atom stereocenters. The van der Waals surface area contributed by atoms with E-state index in [2.05, 4.69) is 4.98 Å². The van der Waals surface area contributed by atoms with Gasteiger partial charge in [0, 0.05) is 23.7 Å². The van der Waals surface area contributed by atoms with Crippen molar-refractivity contribution in [2.75, 3.05) is 0 Å². The smallest absolute Gasteiger partial charge is 0.252 e. The third-order valence-corrected chi connectivity index (χ3v) is 4.31. The van der Waals surface area contributed by atoms with Gasteiger partial charge in [0.05, 0.1) is 6.42 Å². The van der Waals surface area contributed by atoms with Gasteiger partial charge in [-0.3, -0.25) is 9.59 Å². The number of carbonyl (C=O) groups excluding carboxylic acids is 1. The van der Waals surface area contributed by atoms with E-state index in [1.807, 2.05) is 79.4 Å². The van der Waals surface area contributed by atoms with Crippen LogP contribution in [0.3, 0.4) is 0 Å². The predicted molar refractivity (Wildman–Crippen MR) is 100 cm³/mol. The molecule has 1 heterocycles.